The number of hydrogen-bond acceptors (Lipinski definition) is 3. The summed E-state index contributed by atoms with van der Waals surface area (Å²) in [5.74, 6) is 2.68. The fourth-order valence-electron chi connectivity index (χ4n) is 6.81. The Morgan fingerprint density at radius 1 is 0.820 bits per heavy atom. The van der Waals surface area contributed by atoms with Gasteiger partial charge < -0.3 is 9.30 Å². The van der Waals surface area contributed by atoms with Gasteiger partial charge in [0.05, 0.1) is 6.20 Å². The molecule has 0 bridgehead atoms. The van der Waals surface area contributed by atoms with Crippen molar-refractivity contribution < 1.29 is 25.8 Å². The van der Waals surface area contributed by atoms with Crippen molar-refractivity contribution in [1.29, 1.82) is 0 Å². The molecule has 50 heavy (non-hydrogen) atoms. The van der Waals surface area contributed by atoms with Gasteiger partial charge in [0.15, 0.2) is 0 Å². The summed E-state index contributed by atoms with van der Waals surface area (Å²) in [5, 5.41) is 7.10. The van der Waals surface area contributed by atoms with E-state index in [9.17, 15) is 0 Å². The van der Waals surface area contributed by atoms with Crippen LogP contribution in [0.1, 0.15) is 70.7 Å². The summed E-state index contributed by atoms with van der Waals surface area (Å²) in [6.45, 7) is 15.6. The standard InChI is InChI=1S/C44H44N4O.Pt/c1-8-31-13-12-14-32(9-2)43(31)33-27-46-47(28-33)35-23-34(44(5,6)7)24-37(25-35)49-36-17-18-39-38-15-10-11-16-40(38)48(41(39)26-36)42-22-30(19-20-45-42)21-29(3)4;/h10-20,22-24,27-29H,8-9,21H2,1-7H3;/q-2;+2. The van der Waals surface area contributed by atoms with E-state index in [1.54, 1.807) is 0 Å². The van der Waals surface area contributed by atoms with E-state index in [-0.39, 0.29) is 26.5 Å². The Hall–Kier alpha value is -4.47. The van der Waals surface area contributed by atoms with E-state index >= 15 is 0 Å². The predicted molar refractivity (Wildman–Crippen MR) is 201 cm³/mol. The number of aromatic nitrogens is 4. The Kier molecular flexibility index (Phi) is 10.2. The summed E-state index contributed by atoms with van der Waals surface area (Å²) in [7, 11) is 0. The average molecular weight is 840 g/mol. The summed E-state index contributed by atoms with van der Waals surface area (Å²) < 4.78 is 10.7. The minimum atomic E-state index is -0.116. The zero-order valence-corrected chi connectivity index (χ0v) is 32.2. The molecule has 256 valence electrons. The molecule has 0 spiro atoms. The minimum Gasteiger partial charge on any atom is -0.509 e. The van der Waals surface area contributed by atoms with E-state index in [4.69, 9.17) is 14.8 Å². The quantitative estimate of drug-likeness (QED) is 0.136. The fraction of sp³-hybridized carbons (Fsp3) is 0.273. The van der Waals surface area contributed by atoms with E-state index in [0.29, 0.717) is 17.4 Å². The van der Waals surface area contributed by atoms with Gasteiger partial charge in [-0.2, -0.15) is 11.2 Å². The molecule has 4 aromatic carbocycles. The average Bonchev–Trinajstić information content (AvgIpc) is 3.70. The van der Waals surface area contributed by atoms with E-state index in [1.165, 1.54) is 22.3 Å². The van der Waals surface area contributed by atoms with Gasteiger partial charge in [-0.05, 0) is 82.1 Å². The zero-order valence-electron chi connectivity index (χ0n) is 29.9. The first-order valence-electron chi connectivity index (χ1n) is 17.5. The molecule has 7 rings (SSSR count). The molecule has 0 fully saturated rings. The van der Waals surface area contributed by atoms with Gasteiger partial charge in [0.2, 0.25) is 0 Å². The van der Waals surface area contributed by atoms with Crippen molar-refractivity contribution in [2.24, 2.45) is 5.92 Å². The number of pyridine rings is 1. The third-order valence-corrected chi connectivity index (χ3v) is 9.27. The van der Waals surface area contributed by atoms with Crippen LogP contribution in [0.15, 0.2) is 97.5 Å². The Morgan fingerprint density at radius 3 is 2.30 bits per heavy atom. The van der Waals surface area contributed by atoms with Crippen molar-refractivity contribution in [2.45, 2.75) is 73.1 Å². The Morgan fingerprint density at radius 2 is 1.58 bits per heavy atom. The Labute approximate surface area is 310 Å². The summed E-state index contributed by atoms with van der Waals surface area (Å²) in [6, 6.07) is 34.9. The van der Waals surface area contributed by atoms with E-state index in [2.05, 4.69) is 144 Å². The van der Waals surface area contributed by atoms with Crippen LogP contribution in [0, 0.1) is 18.1 Å². The largest absolute Gasteiger partial charge is 2.00 e. The maximum Gasteiger partial charge on any atom is 2.00 e. The molecule has 6 heteroatoms. The third kappa shape index (κ3) is 6.94. The topological polar surface area (TPSA) is 44.9 Å². The van der Waals surface area contributed by atoms with Crippen molar-refractivity contribution in [1.82, 2.24) is 19.3 Å². The molecule has 0 atom stereocenters. The summed E-state index contributed by atoms with van der Waals surface area (Å²) in [4.78, 5) is 4.82. The van der Waals surface area contributed by atoms with Gasteiger partial charge in [-0.1, -0.05) is 90.4 Å². The van der Waals surface area contributed by atoms with E-state index in [1.807, 2.05) is 23.1 Å². The molecule has 7 aromatic rings. The number of nitrogens with zero attached hydrogens (tertiary/aromatic N) is 4. The van der Waals surface area contributed by atoms with E-state index in [0.717, 1.165) is 63.7 Å². The third-order valence-electron chi connectivity index (χ3n) is 9.27. The predicted octanol–water partition coefficient (Wildman–Crippen LogP) is 11.0. The number of hydrogen-bond donors (Lipinski definition) is 0. The van der Waals surface area contributed by atoms with Crippen LogP contribution in [-0.2, 0) is 45.7 Å². The molecule has 0 N–H and O–H groups in total. The maximum atomic E-state index is 6.63. The van der Waals surface area contributed by atoms with E-state index < -0.39 is 0 Å². The zero-order chi connectivity index (χ0) is 34.3. The molecular weight excluding hydrogens is 796 g/mol. The monoisotopic (exact) mass is 839 g/mol. The fourth-order valence-corrected chi connectivity index (χ4v) is 6.81. The molecule has 0 aliphatic heterocycles. The Balaban J connectivity index is 0.00000432. The van der Waals surface area contributed by atoms with Crippen molar-refractivity contribution in [2.75, 3.05) is 0 Å². The van der Waals surface area contributed by atoms with Crippen LogP contribution in [-0.4, -0.2) is 19.3 Å². The van der Waals surface area contributed by atoms with Gasteiger partial charge in [0, 0.05) is 35.0 Å². The molecule has 5 nitrogen and oxygen atoms in total. The van der Waals surface area contributed by atoms with Crippen molar-refractivity contribution in [3.05, 3.63) is 132 Å². The number of ether oxygens (including phenoxy) is 1. The van der Waals surface area contributed by atoms with Gasteiger partial charge in [0.25, 0.3) is 0 Å². The van der Waals surface area contributed by atoms with Crippen LogP contribution >= 0.6 is 0 Å². The van der Waals surface area contributed by atoms with Crippen LogP contribution in [0.3, 0.4) is 0 Å². The summed E-state index contributed by atoms with van der Waals surface area (Å²) in [5.41, 5.74) is 10.2. The molecule has 3 aromatic heterocycles. The van der Waals surface area contributed by atoms with Gasteiger partial charge >= 0.3 is 21.1 Å². The maximum absolute atomic E-state index is 6.63. The molecule has 0 saturated carbocycles. The van der Waals surface area contributed by atoms with Crippen LogP contribution in [0.25, 0.3) is 44.4 Å². The van der Waals surface area contributed by atoms with Crippen LogP contribution < -0.4 is 4.74 Å². The molecular formula is C44H44N4OPt. The molecule has 3 heterocycles. The molecule has 0 unspecified atom stereocenters. The minimum absolute atomic E-state index is 0. The molecule has 0 aliphatic rings. The summed E-state index contributed by atoms with van der Waals surface area (Å²) >= 11 is 0. The second kappa shape index (κ2) is 14.4. The number of para-hydroxylation sites is 1. The summed E-state index contributed by atoms with van der Waals surface area (Å²) in [6.07, 6.45) is 8.93. The normalized spacial score (nSPS) is 11.8. The molecule has 0 amide bonds. The number of rotatable bonds is 9. The number of aryl methyl sites for hydroxylation is 2. The van der Waals surface area contributed by atoms with Crippen molar-refractivity contribution in [3.8, 4) is 34.1 Å². The smallest absolute Gasteiger partial charge is 0.509 e. The first-order valence-corrected chi connectivity index (χ1v) is 17.5. The molecule has 0 saturated heterocycles. The Bertz CT molecular complexity index is 2270. The van der Waals surface area contributed by atoms with Gasteiger partial charge in [-0.15, -0.1) is 41.3 Å². The SMILES string of the molecule is CCc1cccc(CC)c1-c1cnn(-c2[c-]c(Oc3[c-]c4c(cc3)c3ccccc3n4-c3cc(CC(C)C)ccn3)cc(C(C)(C)C)c2)c1.[Pt+2]. The van der Waals surface area contributed by atoms with Crippen LogP contribution in [0.4, 0.5) is 0 Å². The van der Waals surface area contributed by atoms with Crippen molar-refractivity contribution in [3.63, 3.8) is 0 Å². The molecule has 0 aliphatic carbocycles. The van der Waals surface area contributed by atoms with Crippen LogP contribution in [0.5, 0.6) is 11.5 Å². The van der Waals surface area contributed by atoms with Gasteiger partial charge in [-0.25, -0.2) is 4.98 Å². The van der Waals surface area contributed by atoms with Gasteiger partial charge in [-0.3, -0.25) is 4.68 Å². The number of fused-ring (bicyclic) bond motifs is 3. The first kappa shape index (κ1) is 35.4. The molecule has 0 radical (unpaired) electrons. The van der Waals surface area contributed by atoms with Crippen molar-refractivity contribution >= 4 is 21.8 Å². The van der Waals surface area contributed by atoms with Crippen LogP contribution in [0.2, 0.25) is 0 Å². The number of benzene rings is 4. The second-order valence-corrected chi connectivity index (χ2v) is 14.4. The van der Waals surface area contributed by atoms with Gasteiger partial charge in [0.1, 0.15) is 5.82 Å². The second-order valence-electron chi connectivity index (χ2n) is 14.4. The first-order chi connectivity index (χ1) is 23.6.